The first kappa shape index (κ1) is 15.6. The lowest BCUT2D eigenvalue weighted by Gasteiger charge is -2.21. The summed E-state index contributed by atoms with van der Waals surface area (Å²) in [6, 6.07) is 5.31. The molecule has 2 aliphatic heterocycles. The number of benzene rings is 1. The topological polar surface area (TPSA) is 86.4 Å². The zero-order valence-electron chi connectivity index (χ0n) is 13.3. The Morgan fingerprint density at radius 2 is 2.00 bits per heavy atom. The van der Waals surface area contributed by atoms with Crippen LogP contribution in [0.5, 0.6) is 0 Å². The fourth-order valence-corrected chi connectivity index (χ4v) is 5.52. The molecule has 1 unspecified atom stereocenters. The maximum absolute atomic E-state index is 12.7. The second-order valence-electron chi connectivity index (χ2n) is 6.45. The van der Waals surface area contributed by atoms with Crippen LogP contribution in [0.15, 0.2) is 24.5 Å². The van der Waals surface area contributed by atoms with Crippen LogP contribution in [0.4, 0.5) is 0 Å². The summed E-state index contributed by atoms with van der Waals surface area (Å²) in [7, 11) is -3.29. The highest BCUT2D eigenvalue weighted by Crippen LogP contribution is 2.25. The number of carbonyl (C=O) groups excluding carboxylic acids is 1. The van der Waals surface area contributed by atoms with Crippen LogP contribution in [-0.2, 0) is 10.0 Å². The van der Waals surface area contributed by atoms with Gasteiger partial charge in [0.15, 0.2) is 0 Å². The Hall–Kier alpha value is -1.93. The van der Waals surface area contributed by atoms with Crippen molar-refractivity contribution >= 4 is 27.0 Å². The van der Waals surface area contributed by atoms with Gasteiger partial charge in [-0.1, -0.05) is 0 Å². The van der Waals surface area contributed by atoms with Crippen molar-refractivity contribution in [1.82, 2.24) is 19.2 Å². The second kappa shape index (κ2) is 5.86. The van der Waals surface area contributed by atoms with Gasteiger partial charge in [0, 0.05) is 31.7 Å². The molecule has 1 amide bonds. The van der Waals surface area contributed by atoms with E-state index in [0.29, 0.717) is 31.6 Å². The van der Waals surface area contributed by atoms with Crippen molar-refractivity contribution in [1.29, 1.82) is 0 Å². The van der Waals surface area contributed by atoms with Gasteiger partial charge in [0.1, 0.15) is 0 Å². The molecular weight excluding hydrogens is 328 g/mol. The molecule has 1 aromatic carbocycles. The summed E-state index contributed by atoms with van der Waals surface area (Å²) in [6.45, 7) is 1.99. The summed E-state index contributed by atoms with van der Waals surface area (Å²) in [5.41, 5.74) is 2.18. The average Bonchev–Trinajstić information content (AvgIpc) is 3.34. The van der Waals surface area contributed by atoms with Crippen molar-refractivity contribution < 1.29 is 13.2 Å². The minimum Gasteiger partial charge on any atom is -0.345 e. The summed E-state index contributed by atoms with van der Waals surface area (Å²) in [5.74, 6) is -0.120. The molecule has 2 fully saturated rings. The molecule has 2 aliphatic rings. The minimum atomic E-state index is -3.29. The van der Waals surface area contributed by atoms with E-state index < -0.39 is 15.3 Å². The van der Waals surface area contributed by atoms with Gasteiger partial charge in [-0.15, -0.1) is 0 Å². The van der Waals surface area contributed by atoms with E-state index >= 15 is 0 Å². The molecule has 0 radical (unpaired) electrons. The molecule has 0 spiro atoms. The summed E-state index contributed by atoms with van der Waals surface area (Å²) in [5, 5.41) is -0.476. The molecule has 1 N–H and O–H groups in total. The number of hydrogen-bond donors (Lipinski definition) is 1. The van der Waals surface area contributed by atoms with E-state index in [9.17, 15) is 13.2 Å². The van der Waals surface area contributed by atoms with E-state index in [4.69, 9.17) is 0 Å². The Balaban J connectivity index is 1.50. The quantitative estimate of drug-likeness (QED) is 0.903. The smallest absolute Gasteiger partial charge is 0.253 e. The van der Waals surface area contributed by atoms with Crippen molar-refractivity contribution in [2.75, 3.05) is 26.2 Å². The van der Waals surface area contributed by atoms with Gasteiger partial charge in [-0.25, -0.2) is 17.7 Å². The van der Waals surface area contributed by atoms with Gasteiger partial charge in [0.2, 0.25) is 10.0 Å². The van der Waals surface area contributed by atoms with E-state index in [1.54, 1.807) is 33.7 Å². The molecule has 3 heterocycles. The van der Waals surface area contributed by atoms with Crippen LogP contribution in [0, 0.1) is 0 Å². The Bertz CT molecular complexity index is 870. The number of sulfonamides is 1. The van der Waals surface area contributed by atoms with E-state index in [1.807, 2.05) is 0 Å². The van der Waals surface area contributed by atoms with Crippen LogP contribution in [-0.4, -0.2) is 64.9 Å². The maximum Gasteiger partial charge on any atom is 0.253 e. The molecule has 4 rings (SSSR count). The van der Waals surface area contributed by atoms with Crippen LogP contribution < -0.4 is 0 Å². The van der Waals surface area contributed by atoms with E-state index in [-0.39, 0.29) is 12.5 Å². The van der Waals surface area contributed by atoms with Gasteiger partial charge in [-0.2, -0.15) is 0 Å². The molecule has 128 valence electrons. The predicted molar refractivity (Wildman–Crippen MR) is 90.1 cm³/mol. The molecule has 8 heteroatoms. The summed E-state index contributed by atoms with van der Waals surface area (Å²) >= 11 is 0. The number of nitrogens with zero attached hydrogens (tertiary/aromatic N) is 3. The third-order valence-corrected chi connectivity index (χ3v) is 7.26. The molecule has 24 heavy (non-hydrogen) atoms. The van der Waals surface area contributed by atoms with Crippen LogP contribution in [0.1, 0.15) is 29.6 Å². The van der Waals surface area contributed by atoms with E-state index in [0.717, 1.165) is 23.9 Å². The molecule has 1 atom stereocenters. The normalized spacial score (nSPS) is 22.5. The van der Waals surface area contributed by atoms with Crippen molar-refractivity contribution in [2.45, 2.75) is 24.5 Å². The Labute approximate surface area is 140 Å². The average molecular weight is 348 g/mol. The number of rotatable bonds is 3. The number of likely N-dealkylation sites (tertiary alicyclic amines) is 1. The van der Waals surface area contributed by atoms with Crippen molar-refractivity contribution in [3.63, 3.8) is 0 Å². The lowest BCUT2D eigenvalue weighted by Crippen LogP contribution is -2.39. The predicted octanol–water partition coefficient (Wildman–Crippen LogP) is 1.20. The van der Waals surface area contributed by atoms with Gasteiger partial charge >= 0.3 is 0 Å². The van der Waals surface area contributed by atoms with Crippen LogP contribution >= 0.6 is 0 Å². The van der Waals surface area contributed by atoms with E-state index in [1.165, 1.54) is 0 Å². The number of fused-ring (bicyclic) bond motifs is 1. The van der Waals surface area contributed by atoms with Gasteiger partial charge in [-0.05, 0) is 37.5 Å². The molecule has 2 aromatic rings. The first-order chi connectivity index (χ1) is 11.6. The molecule has 2 saturated heterocycles. The number of carbonyl (C=O) groups is 1. The summed E-state index contributed by atoms with van der Waals surface area (Å²) in [6.07, 6.45) is 3.96. The molecule has 0 aliphatic carbocycles. The Kier molecular flexibility index (Phi) is 3.80. The van der Waals surface area contributed by atoms with Gasteiger partial charge in [0.25, 0.3) is 5.91 Å². The standard InChI is InChI=1S/C16H20N4O3S/c21-16(12-3-4-14-15(9-12)18-11-17-14)19-8-5-13(10-19)24(22,23)20-6-1-2-7-20/h3-4,9,11,13H,1-2,5-8,10H2,(H,17,18). The van der Waals surface area contributed by atoms with Crippen LogP contribution in [0.2, 0.25) is 0 Å². The minimum absolute atomic E-state index is 0.120. The summed E-state index contributed by atoms with van der Waals surface area (Å²) in [4.78, 5) is 21.5. The van der Waals surface area contributed by atoms with Gasteiger partial charge < -0.3 is 9.88 Å². The van der Waals surface area contributed by atoms with Crippen molar-refractivity contribution in [3.8, 4) is 0 Å². The summed E-state index contributed by atoms with van der Waals surface area (Å²) < 4.78 is 26.9. The number of hydrogen-bond acceptors (Lipinski definition) is 4. The molecular formula is C16H20N4O3S. The first-order valence-corrected chi connectivity index (χ1v) is 9.77. The first-order valence-electron chi connectivity index (χ1n) is 8.27. The third kappa shape index (κ3) is 2.59. The molecule has 0 saturated carbocycles. The fraction of sp³-hybridized carbons (Fsp3) is 0.500. The Morgan fingerprint density at radius 1 is 1.21 bits per heavy atom. The van der Waals surface area contributed by atoms with Gasteiger partial charge in [0.05, 0.1) is 22.6 Å². The number of imidazole rings is 1. The number of nitrogens with one attached hydrogen (secondary N) is 1. The number of aromatic nitrogens is 2. The third-order valence-electron chi connectivity index (χ3n) is 4.95. The van der Waals surface area contributed by atoms with Crippen LogP contribution in [0.25, 0.3) is 11.0 Å². The zero-order chi connectivity index (χ0) is 16.7. The highest BCUT2D eigenvalue weighted by atomic mass is 32.2. The lowest BCUT2D eigenvalue weighted by atomic mass is 10.2. The number of amides is 1. The highest BCUT2D eigenvalue weighted by molar-refractivity contribution is 7.89. The largest absolute Gasteiger partial charge is 0.345 e. The molecule has 7 nitrogen and oxygen atoms in total. The molecule has 0 bridgehead atoms. The monoisotopic (exact) mass is 348 g/mol. The SMILES string of the molecule is O=C(c1ccc2nc[nH]c2c1)N1CCC(S(=O)(=O)N2CCCC2)C1. The van der Waals surface area contributed by atoms with Crippen LogP contribution in [0.3, 0.4) is 0 Å². The Morgan fingerprint density at radius 3 is 2.79 bits per heavy atom. The zero-order valence-corrected chi connectivity index (χ0v) is 14.1. The van der Waals surface area contributed by atoms with E-state index in [2.05, 4.69) is 9.97 Å². The lowest BCUT2D eigenvalue weighted by molar-refractivity contribution is 0.0793. The number of aromatic amines is 1. The maximum atomic E-state index is 12.7. The molecule has 1 aromatic heterocycles. The second-order valence-corrected chi connectivity index (χ2v) is 8.66. The number of H-pyrrole nitrogens is 1. The highest BCUT2D eigenvalue weighted by Gasteiger charge is 2.39. The van der Waals surface area contributed by atoms with Gasteiger partial charge in [-0.3, -0.25) is 4.79 Å². The fourth-order valence-electron chi connectivity index (χ4n) is 3.56. The van der Waals surface area contributed by atoms with Crippen molar-refractivity contribution in [3.05, 3.63) is 30.1 Å². The van der Waals surface area contributed by atoms with Crippen molar-refractivity contribution in [2.24, 2.45) is 0 Å².